The molecule has 26 heavy (non-hydrogen) atoms. The van der Waals surface area contributed by atoms with E-state index in [-0.39, 0.29) is 6.61 Å². The van der Waals surface area contributed by atoms with E-state index < -0.39 is 24.5 Å². The van der Waals surface area contributed by atoms with E-state index in [1.807, 2.05) is 11.4 Å². The molecule has 4 heterocycles. The molecule has 0 aliphatic carbocycles. The number of hydrogen-bond donors (Lipinski definition) is 4. The van der Waals surface area contributed by atoms with E-state index in [4.69, 9.17) is 4.74 Å². The molecule has 9 nitrogen and oxygen atoms in total. The molecule has 1 saturated heterocycles. The lowest BCUT2D eigenvalue weighted by atomic mass is 10.1. The molecule has 1 aliphatic rings. The topological polar surface area (TPSA) is 126 Å². The fourth-order valence-corrected chi connectivity index (χ4v) is 4.11. The first-order chi connectivity index (χ1) is 12.6. The molecule has 4 N–H and O–H groups in total. The van der Waals surface area contributed by atoms with Crippen molar-refractivity contribution < 1.29 is 20.1 Å². The SMILES string of the molecule is OC[C@H]1O[C@@H](n2cnc3c(NCc4csc(Br)c4)ncnc32)[C@H](O)[C@@H]1O. The largest absolute Gasteiger partial charge is 0.394 e. The number of thiophene rings is 1. The van der Waals surface area contributed by atoms with Crippen LogP contribution >= 0.6 is 27.3 Å². The molecule has 1 aliphatic heterocycles. The van der Waals surface area contributed by atoms with Crippen LogP contribution in [-0.4, -0.2) is 59.8 Å². The Morgan fingerprint density at radius 3 is 2.81 bits per heavy atom. The number of ether oxygens (including phenoxy) is 1. The van der Waals surface area contributed by atoms with Crippen molar-refractivity contribution in [3.8, 4) is 0 Å². The van der Waals surface area contributed by atoms with Gasteiger partial charge in [-0.15, -0.1) is 11.3 Å². The van der Waals surface area contributed by atoms with Crippen molar-refractivity contribution in [1.29, 1.82) is 0 Å². The van der Waals surface area contributed by atoms with Gasteiger partial charge in [0.25, 0.3) is 0 Å². The lowest BCUT2D eigenvalue weighted by Crippen LogP contribution is -2.33. The van der Waals surface area contributed by atoms with Crippen LogP contribution in [-0.2, 0) is 11.3 Å². The van der Waals surface area contributed by atoms with Crippen molar-refractivity contribution in [1.82, 2.24) is 19.5 Å². The normalized spacial score (nSPS) is 25.8. The summed E-state index contributed by atoms with van der Waals surface area (Å²) in [6, 6.07) is 2.02. The Morgan fingerprint density at radius 2 is 2.12 bits per heavy atom. The quantitative estimate of drug-likeness (QED) is 0.459. The van der Waals surface area contributed by atoms with Crippen LogP contribution in [0.1, 0.15) is 11.8 Å². The first-order valence-electron chi connectivity index (χ1n) is 7.85. The van der Waals surface area contributed by atoms with Gasteiger partial charge in [0.2, 0.25) is 0 Å². The highest BCUT2D eigenvalue weighted by Gasteiger charge is 2.44. The molecule has 0 saturated carbocycles. The molecule has 4 rings (SSSR count). The van der Waals surface area contributed by atoms with Gasteiger partial charge in [0, 0.05) is 6.54 Å². The third-order valence-corrected chi connectivity index (χ3v) is 5.79. The van der Waals surface area contributed by atoms with Gasteiger partial charge in [-0.1, -0.05) is 0 Å². The standard InChI is InChI=1S/C15H16BrN5O4S/c16-9-1-7(4-26-9)2-17-13-10-14(19-5-18-13)21(6-20-10)15-12(24)11(23)8(3-22)25-15/h1,4-6,8,11-12,15,22-24H,2-3H2,(H,17,18,19)/t8-,11-,12-,15-/m1/s1. The van der Waals surface area contributed by atoms with Crippen molar-refractivity contribution in [3.05, 3.63) is 33.5 Å². The molecule has 11 heteroatoms. The Labute approximate surface area is 160 Å². The Kier molecular flexibility index (Phi) is 4.90. The summed E-state index contributed by atoms with van der Waals surface area (Å²) in [6.45, 7) is 0.189. The summed E-state index contributed by atoms with van der Waals surface area (Å²) in [5, 5.41) is 34.7. The molecule has 0 unspecified atom stereocenters. The summed E-state index contributed by atoms with van der Waals surface area (Å²) < 4.78 is 8.13. The number of anilines is 1. The average Bonchev–Trinajstić information content (AvgIpc) is 3.32. The van der Waals surface area contributed by atoms with E-state index in [0.29, 0.717) is 23.5 Å². The van der Waals surface area contributed by atoms with E-state index in [1.165, 1.54) is 17.2 Å². The van der Waals surface area contributed by atoms with Gasteiger partial charge in [0.05, 0.1) is 16.7 Å². The lowest BCUT2D eigenvalue weighted by molar-refractivity contribution is -0.0511. The number of hydrogen-bond acceptors (Lipinski definition) is 9. The summed E-state index contributed by atoms with van der Waals surface area (Å²) in [5.41, 5.74) is 2.10. The third kappa shape index (κ3) is 3.10. The number of aliphatic hydroxyl groups excluding tert-OH is 3. The van der Waals surface area contributed by atoms with Gasteiger partial charge in [-0.2, -0.15) is 0 Å². The Bertz CT molecular complexity index is 918. The zero-order chi connectivity index (χ0) is 18.3. The molecule has 3 aromatic heterocycles. The summed E-state index contributed by atoms with van der Waals surface area (Å²) >= 11 is 5.04. The zero-order valence-electron chi connectivity index (χ0n) is 13.4. The van der Waals surface area contributed by atoms with Gasteiger partial charge < -0.3 is 25.4 Å². The van der Waals surface area contributed by atoms with Crippen LogP contribution in [0.2, 0.25) is 0 Å². The van der Waals surface area contributed by atoms with Crippen LogP contribution in [0.4, 0.5) is 5.82 Å². The van der Waals surface area contributed by atoms with Crippen molar-refractivity contribution in [3.63, 3.8) is 0 Å². The highest BCUT2D eigenvalue weighted by atomic mass is 79.9. The van der Waals surface area contributed by atoms with Crippen molar-refractivity contribution in [2.24, 2.45) is 0 Å². The van der Waals surface area contributed by atoms with E-state index in [2.05, 4.69) is 36.2 Å². The zero-order valence-corrected chi connectivity index (χ0v) is 15.8. The second-order valence-corrected chi connectivity index (χ2v) is 8.18. The smallest absolute Gasteiger partial charge is 0.167 e. The summed E-state index contributed by atoms with van der Waals surface area (Å²) in [6.07, 6.45) is -1.25. The number of aliphatic hydroxyl groups is 3. The van der Waals surface area contributed by atoms with Gasteiger partial charge in [0.15, 0.2) is 23.2 Å². The first-order valence-corrected chi connectivity index (χ1v) is 9.52. The number of nitrogens with zero attached hydrogens (tertiary/aromatic N) is 4. The molecule has 0 radical (unpaired) electrons. The first kappa shape index (κ1) is 17.8. The van der Waals surface area contributed by atoms with E-state index in [1.54, 1.807) is 11.3 Å². The van der Waals surface area contributed by atoms with Crippen LogP contribution in [0.25, 0.3) is 11.2 Å². The van der Waals surface area contributed by atoms with E-state index in [9.17, 15) is 15.3 Å². The predicted molar refractivity (Wildman–Crippen MR) is 97.7 cm³/mol. The molecule has 0 aromatic carbocycles. The molecule has 0 amide bonds. The molecular weight excluding hydrogens is 426 g/mol. The number of fused-ring (bicyclic) bond motifs is 1. The molecule has 138 valence electrons. The Hall–Kier alpha value is -1.63. The highest BCUT2D eigenvalue weighted by Crippen LogP contribution is 2.32. The second-order valence-electron chi connectivity index (χ2n) is 5.89. The Morgan fingerprint density at radius 1 is 1.27 bits per heavy atom. The van der Waals surface area contributed by atoms with Crippen LogP contribution in [0.3, 0.4) is 0 Å². The van der Waals surface area contributed by atoms with Gasteiger partial charge in [-0.25, -0.2) is 15.0 Å². The van der Waals surface area contributed by atoms with Crippen LogP contribution in [0.5, 0.6) is 0 Å². The van der Waals surface area contributed by atoms with Gasteiger partial charge >= 0.3 is 0 Å². The fraction of sp³-hybridized carbons (Fsp3) is 0.400. The van der Waals surface area contributed by atoms with Crippen LogP contribution < -0.4 is 5.32 Å². The summed E-state index contributed by atoms with van der Waals surface area (Å²) in [4.78, 5) is 12.8. The predicted octanol–water partition coefficient (Wildman–Crippen LogP) is 0.874. The number of imidazole rings is 1. The number of nitrogens with one attached hydrogen (secondary N) is 1. The summed E-state index contributed by atoms with van der Waals surface area (Å²) in [7, 11) is 0. The maximum Gasteiger partial charge on any atom is 0.167 e. The molecule has 3 aromatic rings. The van der Waals surface area contributed by atoms with Gasteiger partial charge in [0.1, 0.15) is 24.6 Å². The van der Waals surface area contributed by atoms with Crippen LogP contribution in [0.15, 0.2) is 27.9 Å². The molecular formula is C15H16BrN5O4S. The maximum absolute atomic E-state index is 10.2. The minimum atomic E-state index is -1.20. The maximum atomic E-state index is 10.2. The van der Waals surface area contributed by atoms with Crippen molar-refractivity contribution >= 4 is 44.2 Å². The molecule has 0 bridgehead atoms. The second kappa shape index (κ2) is 7.18. The van der Waals surface area contributed by atoms with Gasteiger partial charge in [-0.05, 0) is 32.9 Å². The van der Waals surface area contributed by atoms with Crippen molar-refractivity contribution in [2.75, 3.05) is 11.9 Å². The lowest BCUT2D eigenvalue weighted by Gasteiger charge is -2.16. The van der Waals surface area contributed by atoms with Crippen molar-refractivity contribution in [2.45, 2.75) is 31.1 Å². The average molecular weight is 442 g/mol. The Balaban J connectivity index is 1.61. The third-order valence-electron chi connectivity index (χ3n) is 4.23. The highest BCUT2D eigenvalue weighted by molar-refractivity contribution is 9.11. The molecule has 1 fully saturated rings. The molecule has 4 atom stereocenters. The molecule has 0 spiro atoms. The minimum Gasteiger partial charge on any atom is -0.394 e. The number of halogens is 1. The van der Waals surface area contributed by atoms with Crippen LogP contribution in [0, 0.1) is 0 Å². The monoisotopic (exact) mass is 441 g/mol. The summed E-state index contributed by atoms with van der Waals surface area (Å²) in [5.74, 6) is 0.558. The minimum absolute atomic E-state index is 0.390. The van der Waals surface area contributed by atoms with E-state index >= 15 is 0 Å². The number of aromatic nitrogens is 4. The number of rotatable bonds is 5. The van der Waals surface area contributed by atoms with Gasteiger partial charge in [-0.3, -0.25) is 4.57 Å². The fourth-order valence-electron chi connectivity index (χ4n) is 2.90. The van der Waals surface area contributed by atoms with E-state index in [0.717, 1.165) is 9.35 Å².